The maximum atomic E-state index is 5.52. The van der Waals surface area contributed by atoms with E-state index in [0.29, 0.717) is 5.92 Å². The molecular formula is C17H26N2O2. The molecule has 0 aliphatic carbocycles. The molecule has 2 aliphatic heterocycles. The maximum Gasteiger partial charge on any atom is 0.0594 e. The summed E-state index contributed by atoms with van der Waals surface area (Å²) in [6.07, 6.45) is 2.48. The van der Waals surface area contributed by atoms with Gasteiger partial charge in [-0.3, -0.25) is 4.90 Å². The average molecular weight is 290 g/mol. The Morgan fingerprint density at radius 2 is 1.86 bits per heavy atom. The van der Waals surface area contributed by atoms with Crippen molar-refractivity contribution in [3.8, 4) is 0 Å². The Labute approximate surface area is 127 Å². The van der Waals surface area contributed by atoms with Gasteiger partial charge in [-0.05, 0) is 36.5 Å². The third-order valence-corrected chi connectivity index (χ3v) is 4.31. The molecule has 1 aromatic carbocycles. The smallest absolute Gasteiger partial charge is 0.0594 e. The number of ether oxygens (including phenoxy) is 2. The van der Waals surface area contributed by atoms with Gasteiger partial charge in [-0.25, -0.2) is 0 Å². The van der Waals surface area contributed by atoms with Crippen LogP contribution in [0.5, 0.6) is 0 Å². The first-order valence-electron chi connectivity index (χ1n) is 8.11. The molecule has 0 spiro atoms. The van der Waals surface area contributed by atoms with Gasteiger partial charge in [0, 0.05) is 38.5 Å². The molecule has 0 bridgehead atoms. The Morgan fingerprint density at radius 1 is 1.05 bits per heavy atom. The summed E-state index contributed by atoms with van der Waals surface area (Å²) in [6, 6.07) is 8.85. The second-order valence-corrected chi connectivity index (χ2v) is 6.05. The van der Waals surface area contributed by atoms with E-state index in [9.17, 15) is 0 Å². The van der Waals surface area contributed by atoms with E-state index in [4.69, 9.17) is 9.47 Å². The maximum absolute atomic E-state index is 5.52. The van der Waals surface area contributed by atoms with E-state index in [-0.39, 0.29) is 0 Å². The van der Waals surface area contributed by atoms with Gasteiger partial charge in [-0.2, -0.15) is 0 Å². The lowest BCUT2D eigenvalue weighted by molar-refractivity contribution is 0.0342. The van der Waals surface area contributed by atoms with Gasteiger partial charge < -0.3 is 14.8 Å². The summed E-state index contributed by atoms with van der Waals surface area (Å²) in [4.78, 5) is 2.45. The molecule has 116 valence electrons. The molecule has 2 aliphatic rings. The largest absolute Gasteiger partial charge is 0.385 e. The molecule has 21 heavy (non-hydrogen) atoms. The zero-order valence-electron chi connectivity index (χ0n) is 12.7. The molecule has 4 heteroatoms. The molecule has 1 N–H and O–H groups in total. The van der Waals surface area contributed by atoms with E-state index >= 15 is 0 Å². The minimum absolute atomic E-state index is 0.659. The van der Waals surface area contributed by atoms with E-state index in [1.807, 2.05) is 0 Å². The van der Waals surface area contributed by atoms with Crippen molar-refractivity contribution in [2.75, 3.05) is 51.4 Å². The van der Waals surface area contributed by atoms with Crippen molar-refractivity contribution in [1.82, 2.24) is 4.90 Å². The highest BCUT2D eigenvalue weighted by Gasteiger charge is 2.13. The molecule has 0 aromatic heterocycles. The van der Waals surface area contributed by atoms with Crippen LogP contribution in [0.3, 0.4) is 0 Å². The molecule has 0 radical (unpaired) electrons. The highest BCUT2D eigenvalue weighted by molar-refractivity contribution is 5.44. The second kappa shape index (κ2) is 7.78. The Bertz CT molecular complexity index is 409. The van der Waals surface area contributed by atoms with Crippen LogP contribution in [0.25, 0.3) is 0 Å². The van der Waals surface area contributed by atoms with Gasteiger partial charge in [0.2, 0.25) is 0 Å². The van der Waals surface area contributed by atoms with Crippen molar-refractivity contribution in [2.24, 2.45) is 5.92 Å². The van der Waals surface area contributed by atoms with Crippen molar-refractivity contribution in [3.63, 3.8) is 0 Å². The van der Waals surface area contributed by atoms with Crippen LogP contribution in [0.4, 0.5) is 5.69 Å². The summed E-state index contributed by atoms with van der Waals surface area (Å²) < 4.78 is 10.9. The van der Waals surface area contributed by atoms with Crippen LogP contribution >= 0.6 is 0 Å². The lowest BCUT2D eigenvalue weighted by Gasteiger charge is -2.26. The van der Waals surface area contributed by atoms with Crippen molar-refractivity contribution >= 4 is 5.69 Å². The third kappa shape index (κ3) is 4.70. The number of hydrogen-bond acceptors (Lipinski definition) is 4. The Kier molecular flexibility index (Phi) is 5.49. The van der Waals surface area contributed by atoms with Gasteiger partial charge in [-0.15, -0.1) is 0 Å². The zero-order valence-corrected chi connectivity index (χ0v) is 12.7. The highest BCUT2D eigenvalue weighted by Crippen LogP contribution is 2.16. The molecule has 2 fully saturated rings. The van der Waals surface area contributed by atoms with Gasteiger partial charge in [0.05, 0.1) is 19.8 Å². The van der Waals surface area contributed by atoms with E-state index < -0.39 is 0 Å². The van der Waals surface area contributed by atoms with E-state index in [1.165, 1.54) is 24.1 Å². The number of anilines is 1. The normalized spacial score (nSPS) is 23.9. The van der Waals surface area contributed by atoms with Crippen molar-refractivity contribution in [3.05, 3.63) is 29.8 Å². The minimum atomic E-state index is 0.659. The van der Waals surface area contributed by atoms with E-state index in [0.717, 1.165) is 52.6 Å². The van der Waals surface area contributed by atoms with Gasteiger partial charge in [0.15, 0.2) is 0 Å². The van der Waals surface area contributed by atoms with Crippen molar-refractivity contribution in [2.45, 2.75) is 19.4 Å². The molecule has 2 saturated heterocycles. The van der Waals surface area contributed by atoms with Gasteiger partial charge >= 0.3 is 0 Å². The predicted octanol–water partition coefficient (Wildman–Crippen LogP) is 2.36. The van der Waals surface area contributed by atoms with Gasteiger partial charge in [0.25, 0.3) is 0 Å². The van der Waals surface area contributed by atoms with Crippen LogP contribution in [0.2, 0.25) is 0 Å². The number of nitrogens with zero attached hydrogens (tertiary/aromatic N) is 1. The molecule has 4 nitrogen and oxygen atoms in total. The summed E-state index contributed by atoms with van der Waals surface area (Å²) in [7, 11) is 0. The van der Waals surface area contributed by atoms with E-state index in [1.54, 1.807) is 0 Å². The molecule has 3 rings (SSSR count). The molecule has 0 amide bonds. The molecule has 1 atom stereocenters. The van der Waals surface area contributed by atoms with Crippen LogP contribution < -0.4 is 5.32 Å². The first-order chi connectivity index (χ1) is 10.4. The Hall–Kier alpha value is -1.10. The van der Waals surface area contributed by atoms with Gasteiger partial charge in [-0.1, -0.05) is 12.1 Å². The molecule has 0 saturated carbocycles. The zero-order chi connectivity index (χ0) is 14.3. The lowest BCUT2D eigenvalue weighted by Crippen LogP contribution is -2.35. The van der Waals surface area contributed by atoms with Crippen LogP contribution in [0.1, 0.15) is 18.4 Å². The summed E-state index contributed by atoms with van der Waals surface area (Å²) in [6.45, 7) is 7.70. The molecular weight excluding hydrogens is 264 g/mol. The fourth-order valence-electron chi connectivity index (χ4n) is 2.98. The van der Waals surface area contributed by atoms with E-state index in [2.05, 4.69) is 34.5 Å². The predicted molar refractivity (Wildman–Crippen MR) is 84.6 cm³/mol. The summed E-state index contributed by atoms with van der Waals surface area (Å²) in [5, 5.41) is 3.53. The highest BCUT2D eigenvalue weighted by atomic mass is 16.5. The van der Waals surface area contributed by atoms with Crippen molar-refractivity contribution < 1.29 is 9.47 Å². The standard InChI is InChI=1S/C17H26N2O2/c1-2-16(14-21-9-1)12-18-17-5-3-15(4-6-17)13-19-7-10-20-11-8-19/h3-6,16,18H,1-2,7-14H2. The number of hydrogen-bond donors (Lipinski definition) is 1. The minimum Gasteiger partial charge on any atom is -0.385 e. The quantitative estimate of drug-likeness (QED) is 0.902. The lowest BCUT2D eigenvalue weighted by atomic mass is 10.0. The van der Waals surface area contributed by atoms with Crippen LogP contribution in [0.15, 0.2) is 24.3 Å². The number of benzene rings is 1. The first kappa shape index (κ1) is 14.8. The number of morpholine rings is 1. The molecule has 2 heterocycles. The topological polar surface area (TPSA) is 33.7 Å². The monoisotopic (exact) mass is 290 g/mol. The Morgan fingerprint density at radius 3 is 2.57 bits per heavy atom. The average Bonchev–Trinajstić information content (AvgIpc) is 2.56. The van der Waals surface area contributed by atoms with Gasteiger partial charge in [0.1, 0.15) is 0 Å². The van der Waals surface area contributed by atoms with Crippen LogP contribution in [-0.4, -0.2) is 51.0 Å². The number of nitrogens with one attached hydrogen (secondary N) is 1. The summed E-state index contributed by atoms with van der Waals surface area (Å²) >= 11 is 0. The third-order valence-electron chi connectivity index (χ3n) is 4.31. The summed E-state index contributed by atoms with van der Waals surface area (Å²) in [5.74, 6) is 0.659. The first-order valence-corrected chi connectivity index (χ1v) is 8.11. The number of rotatable bonds is 5. The molecule has 1 unspecified atom stereocenters. The van der Waals surface area contributed by atoms with Crippen LogP contribution in [-0.2, 0) is 16.0 Å². The summed E-state index contributed by atoms with van der Waals surface area (Å²) in [5.41, 5.74) is 2.59. The Balaban J connectivity index is 1.44. The molecule has 1 aromatic rings. The fraction of sp³-hybridized carbons (Fsp3) is 0.647. The SMILES string of the molecule is c1cc(NCC2CCCOC2)ccc1CN1CCOCC1. The second-order valence-electron chi connectivity index (χ2n) is 6.05. The van der Waals surface area contributed by atoms with Crippen LogP contribution in [0, 0.1) is 5.92 Å². The van der Waals surface area contributed by atoms with Crippen molar-refractivity contribution in [1.29, 1.82) is 0 Å². The fourth-order valence-corrected chi connectivity index (χ4v) is 2.98.